The number of esters is 1. The number of rotatable bonds is 7. The van der Waals surface area contributed by atoms with E-state index in [4.69, 9.17) is 9.15 Å². The van der Waals surface area contributed by atoms with Crippen LogP contribution in [0.25, 0.3) is 22.1 Å². The summed E-state index contributed by atoms with van der Waals surface area (Å²) in [4.78, 5) is 28.7. The van der Waals surface area contributed by atoms with Crippen molar-refractivity contribution in [3.05, 3.63) is 84.6 Å². The van der Waals surface area contributed by atoms with Crippen LogP contribution in [0.5, 0.6) is 0 Å². The minimum atomic E-state index is -0.951. The highest BCUT2D eigenvalue weighted by molar-refractivity contribution is 5.97. The minimum Gasteiger partial charge on any atom is -0.453 e. The molecule has 0 bridgehead atoms. The van der Waals surface area contributed by atoms with E-state index in [0.29, 0.717) is 22.9 Å². The third kappa shape index (κ3) is 5.18. The molecule has 0 spiro atoms. The summed E-state index contributed by atoms with van der Waals surface area (Å²) < 4.78 is 23.9. The van der Waals surface area contributed by atoms with Crippen LogP contribution in [-0.4, -0.2) is 23.0 Å². The normalized spacial score (nSPS) is 11.8. The van der Waals surface area contributed by atoms with Gasteiger partial charge in [0, 0.05) is 17.7 Å². The number of halogens is 1. The van der Waals surface area contributed by atoms with Gasteiger partial charge < -0.3 is 14.5 Å². The second-order valence-corrected chi connectivity index (χ2v) is 7.31. The third-order valence-electron chi connectivity index (χ3n) is 4.92. The lowest BCUT2D eigenvalue weighted by molar-refractivity contribution is -0.153. The number of aromatic nitrogens is 1. The van der Waals surface area contributed by atoms with Gasteiger partial charge in [0.05, 0.1) is 12.6 Å². The zero-order valence-electron chi connectivity index (χ0n) is 17.4. The van der Waals surface area contributed by atoms with Crippen molar-refractivity contribution in [3.8, 4) is 11.3 Å². The second-order valence-electron chi connectivity index (χ2n) is 7.31. The van der Waals surface area contributed by atoms with E-state index >= 15 is 0 Å². The number of fused-ring (bicyclic) bond motifs is 1. The van der Waals surface area contributed by atoms with Gasteiger partial charge in [-0.2, -0.15) is 0 Å². The van der Waals surface area contributed by atoms with Gasteiger partial charge in [0.25, 0.3) is 5.91 Å². The number of nitrogens with zero attached hydrogens (tertiary/aromatic N) is 1. The van der Waals surface area contributed by atoms with E-state index in [-0.39, 0.29) is 18.7 Å². The lowest BCUT2D eigenvalue weighted by atomic mass is 10.1. The largest absolute Gasteiger partial charge is 0.453 e. The number of carbonyl (C=O) groups excluding carboxylic acids is 2. The van der Waals surface area contributed by atoms with Crippen molar-refractivity contribution >= 4 is 28.3 Å². The quantitative estimate of drug-likeness (QED) is 0.409. The molecule has 4 rings (SSSR count). The smallest absolute Gasteiger partial charge is 0.307 e. The summed E-state index contributed by atoms with van der Waals surface area (Å²) in [5.74, 6) is -0.447. The molecule has 1 unspecified atom stereocenters. The molecule has 0 radical (unpaired) electrons. The molecule has 32 heavy (non-hydrogen) atoms. The Bertz CT molecular complexity index is 1250. The van der Waals surface area contributed by atoms with Gasteiger partial charge in [-0.3, -0.25) is 9.59 Å². The predicted octanol–water partition coefficient (Wildman–Crippen LogP) is 5.14. The molecule has 0 saturated carbocycles. The summed E-state index contributed by atoms with van der Waals surface area (Å²) in [6.45, 7) is 1.52. The van der Waals surface area contributed by atoms with E-state index in [0.717, 1.165) is 10.8 Å². The fraction of sp³-hybridized carbons (Fsp3) is 0.160. The monoisotopic (exact) mass is 432 g/mol. The maximum atomic E-state index is 13.0. The molecule has 6 nitrogen and oxygen atoms in total. The maximum Gasteiger partial charge on any atom is 0.307 e. The van der Waals surface area contributed by atoms with Crippen molar-refractivity contribution in [2.45, 2.75) is 25.9 Å². The number of amides is 1. The Balaban J connectivity index is 1.27. The highest BCUT2D eigenvalue weighted by Gasteiger charge is 2.19. The zero-order chi connectivity index (χ0) is 22.5. The predicted molar refractivity (Wildman–Crippen MR) is 118 cm³/mol. The molecule has 1 atom stereocenters. The van der Waals surface area contributed by atoms with Crippen molar-refractivity contribution in [1.29, 1.82) is 0 Å². The maximum absolute atomic E-state index is 13.0. The van der Waals surface area contributed by atoms with Crippen LogP contribution < -0.4 is 5.32 Å². The fourth-order valence-corrected chi connectivity index (χ4v) is 3.20. The minimum absolute atomic E-state index is 0.0109. The highest BCUT2D eigenvalue weighted by atomic mass is 19.1. The Morgan fingerprint density at radius 3 is 2.59 bits per heavy atom. The van der Waals surface area contributed by atoms with Gasteiger partial charge in [0.2, 0.25) is 0 Å². The van der Waals surface area contributed by atoms with E-state index in [2.05, 4.69) is 10.3 Å². The molecular formula is C25H21FN2O4. The lowest BCUT2D eigenvalue weighted by Gasteiger charge is -2.13. The first-order valence-electron chi connectivity index (χ1n) is 10.2. The van der Waals surface area contributed by atoms with Crippen molar-refractivity contribution in [3.63, 3.8) is 0 Å². The Kier molecular flexibility index (Phi) is 6.26. The number of hydrogen-bond donors (Lipinski definition) is 1. The summed E-state index contributed by atoms with van der Waals surface area (Å²) in [5, 5.41) is 4.83. The standard InChI is InChI=1S/C25H21FN2O4/c1-16(25(30)28-21-11-8-17-4-2-3-5-19(17)14-21)31-24(29)13-12-23-27-15-22(32-23)18-6-9-20(26)10-7-18/h2-11,14-16H,12-13H2,1H3,(H,28,30). The lowest BCUT2D eigenvalue weighted by Crippen LogP contribution is -2.30. The van der Waals surface area contributed by atoms with E-state index in [1.807, 2.05) is 36.4 Å². The molecular weight excluding hydrogens is 411 g/mol. The molecule has 1 amide bonds. The number of benzene rings is 3. The van der Waals surface area contributed by atoms with E-state index in [1.165, 1.54) is 25.3 Å². The van der Waals surface area contributed by atoms with Gasteiger partial charge in [0.1, 0.15) is 5.82 Å². The average molecular weight is 432 g/mol. The number of ether oxygens (including phenoxy) is 1. The van der Waals surface area contributed by atoms with Gasteiger partial charge >= 0.3 is 5.97 Å². The van der Waals surface area contributed by atoms with Crippen molar-refractivity contribution in [1.82, 2.24) is 4.98 Å². The Labute approximate surface area is 184 Å². The number of aryl methyl sites for hydroxylation is 1. The van der Waals surface area contributed by atoms with Crippen molar-refractivity contribution in [2.24, 2.45) is 0 Å². The molecule has 1 aromatic heterocycles. The van der Waals surface area contributed by atoms with Crippen LogP contribution in [0.2, 0.25) is 0 Å². The number of oxazole rings is 1. The van der Waals surface area contributed by atoms with Crippen LogP contribution in [0.3, 0.4) is 0 Å². The topological polar surface area (TPSA) is 81.4 Å². The van der Waals surface area contributed by atoms with Crippen molar-refractivity contribution in [2.75, 3.05) is 5.32 Å². The Morgan fingerprint density at radius 2 is 1.81 bits per heavy atom. The van der Waals surface area contributed by atoms with E-state index in [9.17, 15) is 14.0 Å². The summed E-state index contributed by atoms with van der Waals surface area (Å²) in [5.41, 5.74) is 1.32. The van der Waals surface area contributed by atoms with Crippen LogP contribution >= 0.6 is 0 Å². The van der Waals surface area contributed by atoms with E-state index in [1.54, 1.807) is 18.2 Å². The molecule has 0 aliphatic rings. The van der Waals surface area contributed by atoms with Gasteiger partial charge in [-0.05, 0) is 54.1 Å². The number of carbonyl (C=O) groups is 2. The van der Waals surface area contributed by atoms with E-state index < -0.39 is 18.0 Å². The summed E-state index contributed by atoms with van der Waals surface area (Å²) in [7, 11) is 0. The number of nitrogens with one attached hydrogen (secondary N) is 1. The molecule has 0 saturated heterocycles. The fourth-order valence-electron chi connectivity index (χ4n) is 3.20. The van der Waals surface area contributed by atoms with Gasteiger partial charge in [-0.1, -0.05) is 30.3 Å². The molecule has 0 aliphatic heterocycles. The second kappa shape index (κ2) is 9.43. The SMILES string of the molecule is CC(OC(=O)CCc1ncc(-c2ccc(F)cc2)o1)C(=O)Nc1ccc2ccccc2c1. The molecule has 7 heteroatoms. The van der Waals surface area contributed by atoms with Gasteiger partial charge in [-0.15, -0.1) is 0 Å². The molecule has 1 N–H and O–H groups in total. The average Bonchev–Trinajstić information content (AvgIpc) is 3.27. The van der Waals surface area contributed by atoms with Crippen LogP contribution in [0.4, 0.5) is 10.1 Å². The third-order valence-corrected chi connectivity index (χ3v) is 4.92. The van der Waals surface area contributed by atoms with Crippen LogP contribution in [0.1, 0.15) is 19.2 Å². The molecule has 0 aliphatic carbocycles. The number of hydrogen-bond acceptors (Lipinski definition) is 5. The van der Waals surface area contributed by atoms with Crippen LogP contribution in [0, 0.1) is 5.82 Å². The molecule has 3 aromatic carbocycles. The first-order chi connectivity index (χ1) is 15.5. The summed E-state index contributed by atoms with van der Waals surface area (Å²) >= 11 is 0. The Hall–Kier alpha value is -4.00. The summed E-state index contributed by atoms with van der Waals surface area (Å²) in [6.07, 6.45) is 0.803. The highest BCUT2D eigenvalue weighted by Crippen LogP contribution is 2.22. The van der Waals surface area contributed by atoms with Crippen LogP contribution in [0.15, 0.2) is 77.3 Å². The van der Waals surface area contributed by atoms with Gasteiger partial charge in [0.15, 0.2) is 17.8 Å². The molecule has 1 heterocycles. The Morgan fingerprint density at radius 1 is 1.06 bits per heavy atom. The van der Waals surface area contributed by atoms with Gasteiger partial charge in [-0.25, -0.2) is 9.37 Å². The van der Waals surface area contributed by atoms with Crippen molar-refractivity contribution < 1.29 is 23.1 Å². The molecule has 4 aromatic rings. The first-order valence-corrected chi connectivity index (χ1v) is 10.2. The first kappa shape index (κ1) is 21.2. The van der Waals surface area contributed by atoms with Crippen LogP contribution in [-0.2, 0) is 20.7 Å². The zero-order valence-corrected chi connectivity index (χ0v) is 17.4. The number of anilines is 1. The molecule has 0 fully saturated rings. The summed E-state index contributed by atoms with van der Waals surface area (Å²) in [6, 6.07) is 19.2. The molecule has 162 valence electrons.